The summed E-state index contributed by atoms with van der Waals surface area (Å²) in [4.78, 5) is 3.76. The highest BCUT2D eigenvalue weighted by Gasteiger charge is 2.29. The van der Waals surface area contributed by atoms with Crippen molar-refractivity contribution in [2.24, 2.45) is 4.99 Å². The van der Waals surface area contributed by atoms with Gasteiger partial charge in [-0.05, 0) is 6.92 Å². The van der Waals surface area contributed by atoms with Crippen molar-refractivity contribution in [2.45, 2.75) is 13.1 Å². The maximum absolute atomic E-state index is 11.8. The van der Waals surface area contributed by atoms with Gasteiger partial charge in [0.2, 0.25) is 0 Å². The van der Waals surface area contributed by atoms with Gasteiger partial charge < -0.3 is 10.0 Å². The van der Waals surface area contributed by atoms with Crippen molar-refractivity contribution in [2.75, 3.05) is 20.1 Å². The molecule has 0 aliphatic carbocycles. The van der Waals surface area contributed by atoms with Crippen LogP contribution in [0.25, 0.3) is 0 Å². The maximum Gasteiger partial charge on any atom is 0.405 e. The van der Waals surface area contributed by atoms with Gasteiger partial charge in [0.15, 0.2) is 0 Å². The van der Waals surface area contributed by atoms with Crippen molar-refractivity contribution in [3.63, 3.8) is 0 Å². The van der Waals surface area contributed by atoms with E-state index in [1.165, 1.54) is 14.0 Å². The molecule has 0 unspecified atom stereocenters. The smallest absolute Gasteiger partial charge is 0.405 e. The maximum atomic E-state index is 11.8. The second kappa shape index (κ2) is 4.18. The molecular formula is C6H10F3N2O-. The zero-order chi connectivity index (χ0) is 9.78. The first-order valence-corrected chi connectivity index (χ1v) is 3.36. The Morgan fingerprint density at radius 1 is 1.50 bits per heavy atom. The van der Waals surface area contributed by atoms with Crippen molar-refractivity contribution in [1.82, 2.24) is 4.90 Å². The summed E-state index contributed by atoms with van der Waals surface area (Å²) >= 11 is 0. The second-order valence-corrected chi connectivity index (χ2v) is 2.14. The van der Waals surface area contributed by atoms with Gasteiger partial charge in [0.25, 0.3) is 0 Å². The van der Waals surface area contributed by atoms with Crippen LogP contribution in [0.15, 0.2) is 4.99 Å². The van der Waals surface area contributed by atoms with E-state index < -0.39 is 18.7 Å². The third-order valence-corrected chi connectivity index (χ3v) is 1.21. The first-order valence-electron chi connectivity index (χ1n) is 3.36. The highest BCUT2D eigenvalue weighted by Crippen LogP contribution is 2.15. The van der Waals surface area contributed by atoms with Gasteiger partial charge in [0.1, 0.15) is 6.54 Å². The van der Waals surface area contributed by atoms with Gasteiger partial charge in [-0.1, -0.05) is 0 Å². The summed E-state index contributed by atoms with van der Waals surface area (Å²) in [6.07, 6.45) is -4.35. The molecule has 0 bridgehead atoms. The normalized spacial score (nSPS) is 13.2. The Hall–Kier alpha value is -0.940. The summed E-state index contributed by atoms with van der Waals surface area (Å²) in [5.74, 6) is 0. The lowest BCUT2D eigenvalue weighted by Crippen LogP contribution is -2.44. The van der Waals surface area contributed by atoms with Crippen molar-refractivity contribution in [1.29, 1.82) is 0 Å². The molecule has 0 rings (SSSR count). The van der Waals surface area contributed by atoms with E-state index in [0.717, 1.165) is 0 Å². The largest absolute Gasteiger partial charge is 0.846 e. The molecule has 0 radical (unpaired) electrons. The lowest BCUT2D eigenvalue weighted by molar-refractivity contribution is -0.242. The molecule has 0 atom stereocenters. The molecule has 0 fully saturated rings. The molecule has 0 heterocycles. The van der Waals surface area contributed by atoms with Gasteiger partial charge in [-0.15, -0.1) is 0 Å². The molecule has 0 aliphatic heterocycles. The van der Waals surface area contributed by atoms with Crippen LogP contribution < -0.4 is 5.11 Å². The fourth-order valence-corrected chi connectivity index (χ4v) is 0.673. The van der Waals surface area contributed by atoms with Crippen LogP contribution in [0.4, 0.5) is 13.2 Å². The van der Waals surface area contributed by atoms with Crippen LogP contribution in [-0.4, -0.2) is 37.2 Å². The van der Waals surface area contributed by atoms with Gasteiger partial charge in [-0.25, -0.2) is 0 Å². The monoisotopic (exact) mass is 183 g/mol. The van der Waals surface area contributed by atoms with E-state index in [-0.39, 0.29) is 6.54 Å². The molecule has 72 valence electrons. The van der Waals surface area contributed by atoms with Crippen LogP contribution in [0.3, 0.4) is 0 Å². The highest BCUT2D eigenvalue weighted by molar-refractivity contribution is 5.68. The minimum Gasteiger partial charge on any atom is -0.846 e. The number of amidine groups is 1. The highest BCUT2D eigenvalue weighted by atomic mass is 19.4. The third-order valence-electron chi connectivity index (χ3n) is 1.21. The lowest BCUT2D eigenvalue weighted by atomic mass is 10.5. The summed E-state index contributed by atoms with van der Waals surface area (Å²) in [5, 5.41) is 10.7. The summed E-state index contributed by atoms with van der Waals surface area (Å²) in [6.45, 7) is 0.240. The lowest BCUT2D eigenvalue weighted by Gasteiger charge is -2.28. The molecule has 0 N–H and O–H groups in total. The molecule has 0 saturated heterocycles. The van der Waals surface area contributed by atoms with Crippen molar-refractivity contribution < 1.29 is 18.3 Å². The molecule has 0 aromatic carbocycles. The molecule has 0 amide bonds. The Bertz CT molecular complexity index is 167. The van der Waals surface area contributed by atoms with Gasteiger partial charge in [-0.2, -0.15) is 13.2 Å². The number of aliphatic imine (C=N–C) groups is 1. The fraction of sp³-hybridized carbons (Fsp3) is 0.833. The van der Waals surface area contributed by atoms with E-state index in [1.54, 1.807) is 0 Å². The van der Waals surface area contributed by atoms with Gasteiger partial charge in [0, 0.05) is 19.6 Å². The predicted octanol–water partition coefficient (Wildman–Crippen LogP) is 0.217. The van der Waals surface area contributed by atoms with Crippen molar-refractivity contribution in [3.8, 4) is 0 Å². The molecule has 3 nitrogen and oxygen atoms in total. The summed E-state index contributed by atoms with van der Waals surface area (Å²) in [6, 6.07) is -0.838. The molecular weight excluding hydrogens is 173 g/mol. The van der Waals surface area contributed by atoms with Crippen LogP contribution in [0.2, 0.25) is 0 Å². The fourth-order valence-electron chi connectivity index (χ4n) is 0.673. The Balaban J connectivity index is 4.19. The number of rotatable bonds is 2. The first-order chi connectivity index (χ1) is 5.40. The number of alkyl halides is 3. The second-order valence-electron chi connectivity index (χ2n) is 2.14. The number of nitrogens with zero attached hydrogens (tertiary/aromatic N) is 2. The van der Waals surface area contributed by atoms with E-state index in [4.69, 9.17) is 0 Å². The minimum absolute atomic E-state index is 0.00961. The topological polar surface area (TPSA) is 38.7 Å². The van der Waals surface area contributed by atoms with Crippen molar-refractivity contribution in [3.05, 3.63) is 0 Å². The van der Waals surface area contributed by atoms with Gasteiger partial charge >= 0.3 is 6.18 Å². The van der Waals surface area contributed by atoms with E-state index in [0.29, 0.717) is 4.90 Å². The van der Waals surface area contributed by atoms with Crippen LogP contribution in [0.1, 0.15) is 6.92 Å². The number of hydrogen-bond acceptors (Lipinski definition) is 2. The standard InChI is InChI=1S/C6H11F3N2O/c1-3-11(5(12)10-2)4-6(7,8)9/h3-4H2,1-2H3,(H,10,12)/p-1. The Morgan fingerprint density at radius 2 is 2.00 bits per heavy atom. The molecule has 0 aromatic heterocycles. The van der Waals surface area contributed by atoms with Gasteiger partial charge in [-0.3, -0.25) is 4.99 Å². The zero-order valence-corrected chi connectivity index (χ0v) is 6.85. The number of halogens is 3. The van der Waals surface area contributed by atoms with Gasteiger partial charge in [0.05, 0.1) is 0 Å². The zero-order valence-electron chi connectivity index (χ0n) is 6.85. The predicted molar refractivity (Wildman–Crippen MR) is 36.7 cm³/mol. The summed E-state index contributed by atoms with van der Waals surface area (Å²) in [5.41, 5.74) is 0. The molecule has 0 aliphatic rings. The van der Waals surface area contributed by atoms with E-state index >= 15 is 0 Å². The average molecular weight is 183 g/mol. The Kier molecular flexibility index (Phi) is 3.85. The third kappa shape index (κ3) is 4.05. The number of hydrogen-bond donors (Lipinski definition) is 0. The molecule has 0 aromatic rings. The molecule has 0 saturated carbocycles. The summed E-state index contributed by atoms with van der Waals surface area (Å²) in [7, 11) is 1.17. The van der Waals surface area contributed by atoms with E-state index in [1.807, 2.05) is 0 Å². The SMILES string of the molecule is CCN(CC(F)(F)F)C([O-])=NC. The average Bonchev–Trinajstić information content (AvgIpc) is 1.97. The molecule has 0 spiro atoms. The van der Waals surface area contributed by atoms with Crippen LogP contribution in [0, 0.1) is 0 Å². The van der Waals surface area contributed by atoms with Crippen LogP contribution in [-0.2, 0) is 0 Å². The van der Waals surface area contributed by atoms with Crippen LogP contribution in [0.5, 0.6) is 0 Å². The van der Waals surface area contributed by atoms with E-state index in [9.17, 15) is 18.3 Å². The molecule has 6 heteroatoms. The Labute approximate surface area is 68.5 Å². The summed E-state index contributed by atoms with van der Waals surface area (Å²) < 4.78 is 35.3. The van der Waals surface area contributed by atoms with Crippen LogP contribution >= 0.6 is 0 Å². The van der Waals surface area contributed by atoms with Crippen molar-refractivity contribution >= 4 is 6.02 Å². The Morgan fingerprint density at radius 3 is 2.25 bits per heavy atom. The quantitative estimate of drug-likeness (QED) is 0.453. The van der Waals surface area contributed by atoms with E-state index in [2.05, 4.69) is 4.99 Å². The first kappa shape index (κ1) is 11.1. The minimum atomic E-state index is -4.35. The molecule has 12 heavy (non-hydrogen) atoms.